The fourth-order valence-corrected chi connectivity index (χ4v) is 3.02. The van der Waals surface area contributed by atoms with Crippen LogP contribution in [0.4, 0.5) is 0 Å². The number of aliphatic carboxylic acids is 1. The summed E-state index contributed by atoms with van der Waals surface area (Å²) in [4.78, 5) is 49.1. The molecular formula is C21H32N4O6S. The number of carboxylic acids is 1. The molecule has 4 unspecified atom stereocenters. The lowest BCUT2D eigenvalue weighted by Crippen LogP contribution is -2.58. The molecule has 0 saturated carbocycles. The highest BCUT2D eigenvalue weighted by Crippen LogP contribution is 2.08. The molecule has 0 aliphatic heterocycles. The van der Waals surface area contributed by atoms with Crippen molar-refractivity contribution in [3.63, 3.8) is 0 Å². The fourth-order valence-electron chi connectivity index (χ4n) is 2.85. The number of benzene rings is 1. The second-order valence-electron chi connectivity index (χ2n) is 7.81. The zero-order chi connectivity index (χ0) is 24.3. The van der Waals surface area contributed by atoms with Crippen molar-refractivity contribution < 1.29 is 29.4 Å². The van der Waals surface area contributed by atoms with E-state index in [0.29, 0.717) is 6.42 Å². The van der Waals surface area contributed by atoms with Gasteiger partial charge in [-0.25, -0.2) is 4.79 Å². The zero-order valence-electron chi connectivity index (χ0n) is 18.2. The molecule has 4 atom stereocenters. The molecule has 0 radical (unpaired) electrons. The van der Waals surface area contributed by atoms with Gasteiger partial charge in [0.25, 0.3) is 0 Å². The van der Waals surface area contributed by atoms with Crippen molar-refractivity contribution in [1.29, 1.82) is 0 Å². The zero-order valence-corrected chi connectivity index (χ0v) is 19.0. The summed E-state index contributed by atoms with van der Waals surface area (Å²) < 4.78 is 0. The molecule has 1 rings (SSSR count). The van der Waals surface area contributed by atoms with Crippen molar-refractivity contribution in [2.24, 2.45) is 11.7 Å². The van der Waals surface area contributed by atoms with Gasteiger partial charge in [-0.3, -0.25) is 14.4 Å². The Bertz CT molecular complexity index is 777. The lowest BCUT2D eigenvalue weighted by Gasteiger charge is -2.25. The predicted molar refractivity (Wildman–Crippen MR) is 122 cm³/mol. The molecule has 0 aliphatic rings. The van der Waals surface area contributed by atoms with Crippen molar-refractivity contribution in [2.75, 3.05) is 12.4 Å². The van der Waals surface area contributed by atoms with Crippen molar-refractivity contribution in [3.05, 3.63) is 35.9 Å². The summed E-state index contributed by atoms with van der Waals surface area (Å²) in [5, 5.41) is 25.7. The lowest BCUT2D eigenvalue weighted by atomic mass is 10.0. The summed E-state index contributed by atoms with van der Waals surface area (Å²) in [7, 11) is 0. The van der Waals surface area contributed by atoms with Crippen LogP contribution in [0.3, 0.4) is 0 Å². The van der Waals surface area contributed by atoms with Crippen LogP contribution in [-0.2, 0) is 25.6 Å². The molecule has 10 nitrogen and oxygen atoms in total. The molecule has 0 saturated heterocycles. The Morgan fingerprint density at radius 1 is 0.938 bits per heavy atom. The summed E-state index contributed by atoms with van der Waals surface area (Å²) in [5.41, 5.74) is 6.41. The molecule has 3 amide bonds. The number of aliphatic hydroxyl groups excluding tert-OH is 1. The molecule has 0 aromatic heterocycles. The average Bonchev–Trinajstić information content (AvgIpc) is 2.75. The maximum absolute atomic E-state index is 13.0. The smallest absolute Gasteiger partial charge is 0.328 e. The highest BCUT2D eigenvalue weighted by Gasteiger charge is 2.30. The van der Waals surface area contributed by atoms with Crippen molar-refractivity contribution >= 4 is 36.3 Å². The molecule has 11 heteroatoms. The Balaban J connectivity index is 3.07. The van der Waals surface area contributed by atoms with Gasteiger partial charge < -0.3 is 31.9 Å². The van der Waals surface area contributed by atoms with Gasteiger partial charge in [-0.05, 0) is 17.9 Å². The molecule has 0 aliphatic carbocycles. The molecule has 1 aromatic carbocycles. The number of carboxylic acid groups (broad SMARTS) is 1. The number of nitrogens with one attached hydrogen (secondary N) is 3. The monoisotopic (exact) mass is 468 g/mol. The molecule has 0 heterocycles. The standard InChI is InChI=1S/C21H32N4O6S/c1-12(2)8-15(23-18(27)14(22)11-32)19(28)24-16(9-13-6-4-3-5-7-13)20(29)25-17(10-26)21(30)31/h3-7,12,14-17,26,32H,8-11,22H2,1-2H3,(H,23,27)(H,24,28)(H,25,29)(H,30,31). The molecule has 178 valence electrons. The van der Waals surface area contributed by atoms with Gasteiger partial charge in [0, 0.05) is 12.2 Å². The van der Waals surface area contributed by atoms with E-state index in [0.717, 1.165) is 5.56 Å². The average molecular weight is 469 g/mol. The van der Waals surface area contributed by atoms with Gasteiger partial charge in [-0.1, -0.05) is 44.2 Å². The van der Waals surface area contributed by atoms with Gasteiger partial charge in [0.15, 0.2) is 0 Å². The van der Waals surface area contributed by atoms with Gasteiger partial charge in [-0.2, -0.15) is 12.6 Å². The number of rotatable bonds is 13. The van der Waals surface area contributed by atoms with Gasteiger partial charge in [0.2, 0.25) is 17.7 Å². The Labute approximate surface area is 192 Å². The molecule has 0 fully saturated rings. The number of thiol groups is 1. The van der Waals surface area contributed by atoms with Crippen LogP contribution < -0.4 is 21.7 Å². The highest BCUT2D eigenvalue weighted by molar-refractivity contribution is 7.80. The van der Waals surface area contributed by atoms with Crippen LogP contribution in [0.15, 0.2) is 30.3 Å². The van der Waals surface area contributed by atoms with Crippen LogP contribution in [0.25, 0.3) is 0 Å². The molecule has 0 bridgehead atoms. The van der Waals surface area contributed by atoms with E-state index in [1.807, 2.05) is 13.8 Å². The van der Waals surface area contributed by atoms with Crippen LogP contribution in [0, 0.1) is 5.92 Å². The second-order valence-corrected chi connectivity index (χ2v) is 8.18. The molecular weight excluding hydrogens is 436 g/mol. The predicted octanol–water partition coefficient (Wildman–Crippen LogP) is -0.936. The number of carbonyl (C=O) groups is 4. The quantitative estimate of drug-likeness (QED) is 0.183. The first-order valence-corrected chi connectivity index (χ1v) is 10.9. The lowest BCUT2D eigenvalue weighted by molar-refractivity contribution is -0.143. The van der Waals surface area contributed by atoms with E-state index in [4.69, 9.17) is 10.8 Å². The number of hydrogen-bond donors (Lipinski definition) is 7. The van der Waals surface area contributed by atoms with Gasteiger partial charge in [0.05, 0.1) is 12.6 Å². The second kappa shape index (κ2) is 13.7. The highest BCUT2D eigenvalue weighted by atomic mass is 32.1. The first kappa shape index (κ1) is 27.4. The van der Waals surface area contributed by atoms with E-state index in [9.17, 15) is 24.3 Å². The van der Waals surface area contributed by atoms with Crippen LogP contribution >= 0.6 is 12.6 Å². The fraction of sp³-hybridized carbons (Fsp3) is 0.524. The summed E-state index contributed by atoms with van der Waals surface area (Å²) in [6, 6.07) is 4.33. The largest absolute Gasteiger partial charge is 0.480 e. The first-order valence-electron chi connectivity index (χ1n) is 10.2. The van der Waals surface area contributed by atoms with Crippen LogP contribution in [0.5, 0.6) is 0 Å². The molecule has 32 heavy (non-hydrogen) atoms. The number of hydrogen-bond acceptors (Lipinski definition) is 7. The maximum atomic E-state index is 13.0. The molecule has 1 aromatic rings. The Kier molecular flexibility index (Phi) is 11.7. The van der Waals surface area contributed by atoms with Gasteiger partial charge in [0.1, 0.15) is 18.1 Å². The number of nitrogens with two attached hydrogens (primary N) is 1. The minimum atomic E-state index is -1.52. The molecule has 0 spiro atoms. The SMILES string of the molecule is CC(C)CC(NC(=O)C(N)CS)C(=O)NC(Cc1ccccc1)C(=O)NC(CO)C(=O)O. The van der Waals surface area contributed by atoms with E-state index < -0.39 is 54.5 Å². The minimum absolute atomic E-state index is 0.0467. The first-order chi connectivity index (χ1) is 15.1. The summed E-state index contributed by atoms with van der Waals surface area (Å²) in [6.45, 7) is 2.94. The summed E-state index contributed by atoms with van der Waals surface area (Å²) in [5.74, 6) is -3.19. The van der Waals surface area contributed by atoms with Crippen molar-refractivity contribution in [3.8, 4) is 0 Å². The van der Waals surface area contributed by atoms with E-state index in [1.165, 1.54) is 0 Å². The van der Waals surface area contributed by atoms with Crippen LogP contribution in [0.1, 0.15) is 25.8 Å². The normalized spacial score (nSPS) is 14.7. The van der Waals surface area contributed by atoms with E-state index in [1.54, 1.807) is 30.3 Å². The van der Waals surface area contributed by atoms with Crippen LogP contribution in [-0.4, -0.2) is 70.4 Å². The number of carbonyl (C=O) groups excluding carboxylic acids is 3. The maximum Gasteiger partial charge on any atom is 0.328 e. The van der Waals surface area contributed by atoms with E-state index >= 15 is 0 Å². The number of amides is 3. The van der Waals surface area contributed by atoms with Gasteiger partial charge >= 0.3 is 5.97 Å². The molecule has 7 N–H and O–H groups in total. The number of aliphatic hydroxyl groups is 1. The summed E-state index contributed by atoms with van der Waals surface area (Å²) >= 11 is 3.99. The Morgan fingerprint density at radius 2 is 1.47 bits per heavy atom. The van der Waals surface area contributed by atoms with Gasteiger partial charge in [-0.15, -0.1) is 0 Å². The van der Waals surface area contributed by atoms with E-state index in [-0.39, 0.29) is 18.1 Å². The van der Waals surface area contributed by atoms with E-state index in [2.05, 4.69) is 28.6 Å². The Morgan fingerprint density at radius 3 is 1.97 bits per heavy atom. The van der Waals surface area contributed by atoms with Crippen molar-refractivity contribution in [2.45, 2.75) is 50.9 Å². The third kappa shape index (κ3) is 9.25. The minimum Gasteiger partial charge on any atom is -0.480 e. The van der Waals surface area contributed by atoms with Crippen molar-refractivity contribution in [1.82, 2.24) is 16.0 Å². The topological polar surface area (TPSA) is 171 Å². The third-order valence-electron chi connectivity index (χ3n) is 4.59. The summed E-state index contributed by atoms with van der Waals surface area (Å²) in [6.07, 6.45) is 0.375. The van der Waals surface area contributed by atoms with Crippen LogP contribution in [0.2, 0.25) is 0 Å². The third-order valence-corrected chi connectivity index (χ3v) is 4.98. The Hall–Kier alpha value is -2.63.